The number of nitrogens with one attached hydrogen (secondary N) is 2. The minimum atomic E-state index is -0.331. The van der Waals surface area contributed by atoms with Crippen molar-refractivity contribution in [2.45, 2.75) is 23.9 Å². The Morgan fingerprint density at radius 2 is 2.09 bits per heavy atom. The number of carbonyl (C=O) groups excluding carboxylic acids is 1. The molecule has 0 aliphatic rings. The van der Waals surface area contributed by atoms with E-state index in [2.05, 4.69) is 20.6 Å². The second kappa shape index (κ2) is 9.12. The summed E-state index contributed by atoms with van der Waals surface area (Å²) in [4.78, 5) is 20.3. The predicted octanol–water partition coefficient (Wildman–Crippen LogP) is 2.83. The number of rotatable bonds is 7. The van der Waals surface area contributed by atoms with E-state index in [1.54, 1.807) is 6.07 Å². The number of hydrogen-bond donors (Lipinski definition) is 3. The highest BCUT2D eigenvalue weighted by Crippen LogP contribution is 2.19. The number of hydrogen-bond acceptors (Lipinski definition) is 5. The normalized spacial score (nSPS) is 11.7. The van der Waals surface area contributed by atoms with E-state index in [-0.39, 0.29) is 18.7 Å². The Bertz CT molecular complexity index is 624. The number of nitrogens with zero attached hydrogens (tertiary/aromatic N) is 2. The van der Waals surface area contributed by atoms with Crippen molar-refractivity contribution in [3.63, 3.8) is 0 Å². The molecule has 0 spiro atoms. The molecule has 1 heterocycles. The zero-order chi connectivity index (χ0) is 16.5. The molecule has 6 nitrogen and oxygen atoms in total. The van der Waals surface area contributed by atoms with E-state index in [1.165, 1.54) is 18.1 Å². The third-order valence-electron chi connectivity index (χ3n) is 3.25. The third kappa shape index (κ3) is 5.54. The summed E-state index contributed by atoms with van der Waals surface area (Å²) in [6.07, 6.45) is 4.60. The van der Waals surface area contributed by atoms with Crippen molar-refractivity contribution in [3.8, 4) is 0 Å². The molecule has 0 radical (unpaired) electrons. The molecule has 0 aliphatic carbocycles. The van der Waals surface area contributed by atoms with Gasteiger partial charge in [-0.05, 0) is 24.7 Å². The van der Waals surface area contributed by atoms with E-state index in [0.29, 0.717) is 18.7 Å². The molecule has 23 heavy (non-hydrogen) atoms. The zero-order valence-corrected chi connectivity index (χ0v) is 13.7. The maximum Gasteiger partial charge on any atom is 0.320 e. The van der Waals surface area contributed by atoms with Crippen LogP contribution in [0.5, 0.6) is 0 Å². The van der Waals surface area contributed by atoms with Gasteiger partial charge in [0.2, 0.25) is 0 Å². The number of aromatic nitrogens is 2. The van der Waals surface area contributed by atoms with Crippen LogP contribution in [0, 0.1) is 0 Å². The number of aliphatic hydroxyl groups is 1. The standard InChI is InChI=1S/C16H20N4O2S/c1-23-15-10-14(17-11-18-15)20-16(22)19-13(8-5-9-21)12-6-3-2-4-7-12/h2-4,6-7,10-11,13,21H,5,8-9H2,1H3,(H2,17,18,19,20,22). The van der Waals surface area contributed by atoms with Crippen LogP contribution in [0.2, 0.25) is 0 Å². The molecule has 1 atom stereocenters. The topological polar surface area (TPSA) is 87.1 Å². The van der Waals surface area contributed by atoms with Crippen LogP contribution >= 0.6 is 11.8 Å². The molecule has 0 bridgehead atoms. The molecule has 7 heteroatoms. The highest BCUT2D eigenvalue weighted by Gasteiger charge is 2.14. The summed E-state index contributed by atoms with van der Waals surface area (Å²) in [7, 11) is 0. The lowest BCUT2D eigenvalue weighted by atomic mass is 10.0. The summed E-state index contributed by atoms with van der Waals surface area (Å²) < 4.78 is 0. The average molecular weight is 332 g/mol. The Labute approximate surface area is 139 Å². The van der Waals surface area contributed by atoms with Gasteiger partial charge in [-0.2, -0.15) is 0 Å². The lowest BCUT2D eigenvalue weighted by Crippen LogP contribution is -2.33. The SMILES string of the molecule is CSc1cc(NC(=O)NC(CCCO)c2ccccc2)ncn1. The van der Waals surface area contributed by atoms with Crippen molar-refractivity contribution in [1.29, 1.82) is 0 Å². The smallest absolute Gasteiger partial charge is 0.320 e. The van der Waals surface area contributed by atoms with Crippen molar-refractivity contribution in [3.05, 3.63) is 48.3 Å². The second-order valence-electron chi connectivity index (χ2n) is 4.87. The Hall–Kier alpha value is -2.12. The summed E-state index contributed by atoms with van der Waals surface area (Å²) in [5.74, 6) is 0.454. The van der Waals surface area contributed by atoms with Crippen LogP contribution in [0.1, 0.15) is 24.4 Å². The number of amides is 2. The average Bonchev–Trinajstić information content (AvgIpc) is 2.59. The van der Waals surface area contributed by atoms with Gasteiger partial charge in [0, 0.05) is 12.7 Å². The van der Waals surface area contributed by atoms with Gasteiger partial charge >= 0.3 is 6.03 Å². The van der Waals surface area contributed by atoms with Crippen LogP contribution in [0.25, 0.3) is 0 Å². The minimum Gasteiger partial charge on any atom is -0.396 e. The van der Waals surface area contributed by atoms with E-state index in [9.17, 15) is 4.79 Å². The fourth-order valence-electron chi connectivity index (χ4n) is 2.13. The fourth-order valence-corrected chi connectivity index (χ4v) is 2.52. The van der Waals surface area contributed by atoms with Gasteiger partial charge in [-0.3, -0.25) is 5.32 Å². The molecule has 0 saturated heterocycles. The van der Waals surface area contributed by atoms with E-state index in [1.807, 2.05) is 36.6 Å². The molecular weight excluding hydrogens is 312 g/mol. The molecule has 0 saturated carbocycles. The van der Waals surface area contributed by atoms with Crippen molar-refractivity contribution >= 4 is 23.6 Å². The maximum absolute atomic E-state index is 12.2. The molecule has 3 N–H and O–H groups in total. The van der Waals surface area contributed by atoms with Crippen molar-refractivity contribution in [2.24, 2.45) is 0 Å². The van der Waals surface area contributed by atoms with E-state index in [0.717, 1.165) is 10.6 Å². The quantitative estimate of drug-likeness (QED) is 0.536. The Kier molecular flexibility index (Phi) is 6.83. The lowest BCUT2D eigenvalue weighted by molar-refractivity contribution is 0.243. The minimum absolute atomic E-state index is 0.0929. The van der Waals surface area contributed by atoms with Crippen LogP contribution in [0.3, 0.4) is 0 Å². The van der Waals surface area contributed by atoms with Gasteiger partial charge in [-0.1, -0.05) is 30.3 Å². The molecule has 1 aromatic heterocycles. The molecule has 2 rings (SSSR count). The monoisotopic (exact) mass is 332 g/mol. The van der Waals surface area contributed by atoms with Gasteiger partial charge < -0.3 is 10.4 Å². The molecule has 0 aliphatic heterocycles. The summed E-state index contributed by atoms with van der Waals surface area (Å²) in [5.41, 5.74) is 1.00. The highest BCUT2D eigenvalue weighted by molar-refractivity contribution is 7.98. The van der Waals surface area contributed by atoms with Crippen molar-refractivity contribution in [2.75, 3.05) is 18.2 Å². The molecule has 1 aromatic carbocycles. The molecular formula is C16H20N4O2S. The zero-order valence-electron chi connectivity index (χ0n) is 12.9. The van der Waals surface area contributed by atoms with Crippen molar-refractivity contribution in [1.82, 2.24) is 15.3 Å². The number of carbonyl (C=O) groups is 1. The first kappa shape index (κ1) is 17.2. The van der Waals surface area contributed by atoms with Crippen LogP contribution in [-0.2, 0) is 0 Å². The first-order chi connectivity index (χ1) is 11.2. The van der Waals surface area contributed by atoms with E-state index < -0.39 is 0 Å². The first-order valence-corrected chi connectivity index (χ1v) is 8.54. The van der Waals surface area contributed by atoms with Gasteiger partial charge in [-0.15, -0.1) is 11.8 Å². The summed E-state index contributed by atoms with van der Waals surface area (Å²) in [6.45, 7) is 0.0929. The van der Waals surface area contributed by atoms with Gasteiger partial charge in [0.15, 0.2) is 0 Å². The summed E-state index contributed by atoms with van der Waals surface area (Å²) in [6, 6.07) is 10.9. The third-order valence-corrected chi connectivity index (χ3v) is 3.89. The van der Waals surface area contributed by atoms with Crippen LogP contribution in [0.15, 0.2) is 47.8 Å². The molecule has 122 valence electrons. The second-order valence-corrected chi connectivity index (χ2v) is 5.70. The predicted molar refractivity (Wildman–Crippen MR) is 91.5 cm³/mol. The number of anilines is 1. The highest BCUT2D eigenvalue weighted by atomic mass is 32.2. The molecule has 2 aromatic rings. The Morgan fingerprint density at radius 1 is 1.30 bits per heavy atom. The maximum atomic E-state index is 12.2. The molecule has 0 fully saturated rings. The Morgan fingerprint density at radius 3 is 2.78 bits per heavy atom. The Balaban J connectivity index is 2.02. The van der Waals surface area contributed by atoms with Gasteiger partial charge in [0.05, 0.1) is 6.04 Å². The summed E-state index contributed by atoms with van der Waals surface area (Å²) in [5, 5.41) is 15.5. The lowest BCUT2D eigenvalue weighted by Gasteiger charge is -2.19. The largest absolute Gasteiger partial charge is 0.396 e. The van der Waals surface area contributed by atoms with Gasteiger partial charge in [0.25, 0.3) is 0 Å². The summed E-state index contributed by atoms with van der Waals surface area (Å²) >= 11 is 1.48. The number of benzene rings is 1. The van der Waals surface area contributed by atoms with Gasteiger partial charge in [0.1, 0.15) is 17.2 Å². The van der Waals surface area contributed by atoms with Crippen LogP contribution in [-0.4, -0.2) is 34.0 Å². The van der Waals surface area contributed by atoms with Crippen molar-refractivity contribution < 1.29 is 9.90 Å². The van der Waals surface area contributed by atoms with Gasteiger partial charge in [-0.25, -0.2) is 14.8 Å². The fraction of sp³-hybridized carbons (Fsp3) is 0.312. The number of thioether (sulfide) groups is 1. The van der Waals surface area contributed by atoms with E-state index >= 15 is 0 Å². The van der Waals surface area contributed by atoms with E-state index in [4.69, 9.17) is 5.11 Å². The molecule has 2 amide bonds. The first-order valence-electron chi connectivity index (χ1n) is 7.32. The number of urea groups is 1. The van der Waals surface area contributed by atoms with Crippen LogP contribution < -0.4 is 10.6 Å². The molecule has 1 unspecified atom stereocenters. The van der Waals surface area contributed by atoms with Crippen LogP contribution in [0.4, 0.5) is 10.6 Å². The number of aliphatic hydroxyl groups excluding tert-OH is 1.